The van der Waals surface area contributed by atoms with E-state index in [-0.39, 0.29) is 12.5 Å². The van der Waals surface area contributed by atoms with Gasteiger partial charge in [-0.15, -0.1) is 0 Å². The lowest BCUT2D eigenvalue weighted by Crippen LogP contribution is -2.20. The average molecular weight is 365 g/mol. The van der Waals surface area contributed by atoms with Crippen molar-refractivity contribution in [3.8, 4) is 0 Å². The molecule has 0 aliphatic heterocycles. The number of carbonyl (C=O) groups excluding carboxylic acids is 1. The van der Waals surface area contributed by atoms with E-state index in [0.717, 1.165) is 42.3 Å². The van der Waals surface area contributed by atoms with Crippen molar-refractivity contribution < 1.29 is 9.90 Å². The summed E-state index contributed by atoms with van der Waals surface area (Å²) in [6.07, 6.45) is 7.80. The van der Waals surface area contributed by atoms with Crippen LogP contribution in [-0.2, 0) is 0 Å². The van der Waals surface area contributed by atoms with Crippen LogP contribution in [0, 0.1) is 12.8 Å². The van der Waals surface area contributed by atoms with Gasteiger partial charge in [0.1, 0.15) is 17.0 Å². The van der Waals surface area contributed by atoms with E-state index in [4.69, 9.17) is 0 Å². The van der Waals surface area contributed by atoms with Crippen LogP contribution in [0.3, 0.4) is 0 Å². The number of amides is 1. The number of aliphatic hydroxyl groups excluding tert-OH is 1. The number of pyridine rings is 2. The smallest absolute Gasteiger partial charge is 0.275 e. The van der Waals surface area contributed by atoms with Crippen molar-refractivity contribution >= 4 is 22.6 Å². The molecule has 0 spiro atoms. The van der Waals surface area contributed by atoms with E-state index in [0.29, 0.717) is 23.5 Å². The van der Waals surface area contributed by atoms with Crippen LogP contribution in [0.4, 0.5) is 5.82 Å². The van der Waals surface area contributed by atoms with Crippen LogP contribution in [0.1, 0.15) is 47.9 Å². The minimum atomic E-state index is -0.278. The van der Waals surface area contributed by atoms with Crippen molar-refractivity contribution in [3.63, 3.8) is 0 Å². The maximum Gasteiger partial charge on any atom is 0.275 e. The molecule has 140 valence electrons. The third-order valence-electron chi connectivity index (χ3n) is 5.22. The maximum absolute atomic E-state index is 12.4. The van der Waals surface area contributed by atoms with Gasteiger partial charge >= 0.3 is 0 Å². The molecule has 1 fully saturated rings. The molecule has 1 aliphatic rings. The summed E-state index contributed by atoms with van der Waals surface area (Å²) in [6.45, 7) is 2.13. The number of aliphatic hydroxyl groups is 1. The zero-order valence-electron chi connectivity index (χ0n) is 15.3. The van der Waals surface area contributed by atoms with Gasteiger partial charge in [-0.1, -0.05) is 6.07 Å². The number of hydrogen-bond acceptors (Lipinski definition) is 5. The van der Waals surface area contributed by atoms with Crippen LogP contribution < -0.4 is 5.32 Å². The molecule has 0 atom stereocenters. The maximum atomic E-state index is 12.4. The van der Waals surface area contributed by atoms with E-state index in [2.05, 4.69) is 20.4 Å². The molecule has 0 bridgehead atoms. The summed E-state index contributed by atoms with van der Waals surface area (Å²) in [5, 5.41) is 17.7. The standard InChI is InChI=1S/C20H23N5O2/c1-13-3-2-4-17(22-13)20(27)23-19-9-15-11-25(24-18(15)10-21-19)16-7-5-14(12-26)6-8-16/h2-4,9-11,14,16,26H,5-8,12H2,1H3,(H,23,27)/t14-,16-. The fourth-order valence-electron chi connectivity index (χ4n) is 3.64. The Balaban J connectivity index is 1.50. The average Bonchev–Trinajstić information content (AvgIpc) is 3.11. The van der Waals surface area contributed by atoms with Crippen LogP contribution >= 0.6 is 0 Å². The molecule has 0 radical (unpaired) electrons. The summed E-state index contributed by atoms with van der Waals surface area (Å²) >= 11 is 0. The molecule has 0 aromatic carbocycles. The number of aromatic nitrogens is 4. The number of carbonyl (C=O) groups is 1. The van der Waals surface area contributed by atoms with E-state index >= 15 is 0 Å². The van der Waals surface area contributed by atoms with Gasteiger partial charge in [-0.05, 0) is 56.7 Å². The number of hydrogen-bond donors (Lipinski definition) is 2. The third-order valence-corrected chi connectivity index (χ3v) is 5.22. The third kappa shape index (κ3) is 3.83. The van der Waals surface area contributed by atoms with Crippen molar-refractivity contribution in [1.29, 1.82) is 0 Å². The van der Waals surface area contributed by atoms with Gasteiger partial charge in [0, 0.05) is 23.9 Å². The molecule has 3 heterocycles. The summed E-state index contributed by atoms with van der Waals surface area (Å²) in [5.74, 6) is 0.629. The van der Waals surface area contributed by atoms with Crippen molar-refractivity contribution in [3.05, 3.63) is 48.0 Å². The van der Waals surface area contributed by atoms with Crippen molar-refractivity contribution in [2.75, 3.05) is 11.9 Å². The van der Waals surface area contributed by atoms with E-state index in [1.807, 2.05) is 36.0 Å². The molecular weight excluding hydrogens is 342 g/mol. The minimum absolute atomic E-state index is 0.274. The van der Waals surface area contributed by atoms with Crippen LogP contribution in [0.2, 0.25) is 0 Å². The second kappa shape index (κ2) is 7.44. The first-order chi connectivity index (χ1) is 13.1. The molecule has 4 rings (SSSR count). The number of nitrogens with one attached hydrogen (secondary N) is 1. The molecule has 0 unspecified atom stereocenters. The molecule has 3 aromatic heterocycles. The summed E-state index contributed by atoms with van der Waals surface area (Å²) in [5.41, 5.74) is 1.97. The van der Waals surface area contributed by atoms with E-state index in [1.54, 1.807) is 12.3 Å². The first-order valence-corrected chi connectivity index (χ1v) is 9.33. The lowest BCUT2D eigenvalue weighted by molar-refractivity contribution is 0.102. The first kappa shape index (κ1) is 17.6. The van der Waals surface area contributed by atoms with Gasteiger partial charge < -0.3 is 10.4 Å². The quantitative estimate of drug-likeness (QED) is 0.741. The summed E-state index contributed by atoms with van der Waals surface area (Å²) < 4.78 is 2.01. The fourth-order valence-corrected chi connectivity index (χ4v) is 3.64. The Morgan fingerprint density at radius 1 is 1.30 bits per heavy atom. The van der Waals surface area contributed by atoms with Gasteiger partial charge in [0.25, 0.3) is 5.91 Å². The Morgan fingerprint density at radius 2 is 2.11 bits per heavy atom. The van der Waals surface area contributed by atoms with Gasteiger partial charge in [-0.25, -0.2) is 9.97 Å². The first-order valence-electron chi connectivity index (χ1n) is 9.33. The number of anilines is 1. The Morgan fingerprint density at radius 3 is 2.85 bits per heavy atom. The molecule has 2 N–H and O–H groups in total. The predicted octanol–water partition coefficient (Wildman–Crippen LogP) is 3.11. The highest BCUT2D eigenvalue weighted by molar-refractivity contribution is 6.03. The van der Waals surface area contributed by atoms with Gasteiger partial charge in [0.05, 0.1) is 12.2 Å². The summed E-state index contributed by atoms with van der Waals surface area (Å²) in [4.78, 5) is 20.9. The number of rotatable bonds is 4. The molecular formula is C20H23N5O2. The largest absolute Gasteiger partial charge is 0.396 e. The van der Waals surface area contributed by atoms with Crippen molar-refractivity contribution in [2.45, 2.75) is 38.6 Å². The number of fused-ring (bicyclic) bond motifs is 1. The summed E-state index contributed by atoms with van der Waals surface area (Å²) in [6, 6.07) is 7.54. The second-order valence-corrected chi connectivity index (χ2v) is 7.21. The summed E-state index contributed by atoms with van der Waals surface area (Å²) in [7, 11) is 0. The Kier molecular flexibility index (Phi) is 4.85. The van der Waals surface area contributed by atoms with E-state index in [1.165, 1.54) is 0 Å². The zero-order valence-corrected chi connectivity index (χ0v) is 15.3. The lowest BCUT2D eigenvalue weighted by atomic mass is 9.87. The highest BCUT2D eigenvalue weighted by Crippen LogP contribution is 2.32. The minimum Gasteiger partial charge on any atom is -0.396 e. The zero-order chi connectivity index (χ0) is 18.8. The number of aryl methyl sites for hydroxylation is 1. The van der Waals surface area contributed by atoms with Crippen LogP contribution in [0.15, 0.2) is 36.7 Å². The van der Waals surface area contributed by atoms with Crippen molar-refractivity contribution in [2.24, 2.45) is 5.92 Å². The predicted molar refractivity (Wildman–Crippen MR) is 103 cm³/mol. The molecule has 27 heavy (non-hydrogen) atoms. The molecule has 7 heteroatoms. The van der Waals surface area contributed by atoms with Crippen LogP contribution in [0.5, 0.6) is 0 Å². The molecule has 7 nitrogen and oxygen atoms in total. The van der Waals surface area contributed by atoms with Gasteiger partial charge in [-0.2, -0.15) is 5.10 Å². The lowest BCUT2D eigenvalue weighted by Gasteiger charge is -2.27. The topological polar surface area (TPSA) is 92.9 Å². The molecule has 1 aliphatic carbocycles. The van der Waals surface area contributed by atoms with Gasteiger partial charge in [0.2, 0.25) is 0 Å². The van der Waals surface area contributed by atoms with Crippen molar-refractivity contribution in [1.82, 2.24) is 19.7 Å². The van der Waals surface area contributed by atoms with Gasteiger partial charge in [-0.3, -0.25) is 9.48 Å². The molecule has 1 saturated carbocycles. The van der Waals surface area contributed by atoms with Crippen LogP contribution in [-0.4, -0.2) is 37.4 Å². The van der Waals surface area contributed by atoms with E-state index < -0.39 is 0 Å². The monoisotopic (exact) mass is 365 g/mol. The second-order valence-electron chi connectivity index (χ2n) is 7.21. The molecule has 1 amide bonds. The van der Waals surface area contributed by atoms with Crippen LogP contribution in [0.25, 0.3) is 10.9 Å². The molecule has 0 saturated heterocycles. The molecule has 3 aromatic rings. The van der Waals surface area contributed by atoms with E-state index in [9.17, 15) is 9.90 Å². The van der Waals surface area contributed by atoms with Gasteiger partial charge in [0.15, 0.2) is 0 Å². The number of nitrogens with zero attached hydrogens (tertiary/aromatic N) is 4. The Hall–Kier alpha value is -2.80. The normalized spacial score (nSPS) is 19.9. The Bertz CT molecular complexity index is 960. The Labute approximate surface area is 157 Å². The SMILES string of the molecule is Cc1cccc(C(=O)Nc2cc3cn([C@H]4CC[C@H](CO)CC4)nc3cn2)n1. The fraction of sp³-hybridized carbons (Fsp3) is 0.400. The highest BCUT2D eigenvalue weighted by atomic mass is 16.3. The highest BCUT2D eigenvalue weighted by Gasteiger charge is 2.22.